The first-order valence-electron chi connectivity index (χ1n) is 7.57. The van der Waals surface area contributed by atoms with Crippen molar-refractivity contribution < 1.29 is 21.1 Å². The number of pyridine rings is 1. The average Bonchev–Trinajstić information content (AvgIpc) is 3.01. The molecule has 0 N–H and O–H groups in total. The zero-order valence-corrected chi connectivity index (χ0v) is 15.2. The number of benzene rings is 2. The summed E-state index contributed by atoms with van der Waals surface area (Å²) in [6, 6.07) is 19.2. The Hall–Kier alpha value is -1.64. The predicted octanol–water partition coefficient (Wildman–Crippen LogP) is 3.19. The molecule has 4 rings (SSSR count). The maximum Gasteiger partial charge on any atom is 0.353 e. The van der Waals surface area contributed by atoms with Gasteiger partial charge in [-0.05, 0) is 41.6 Å². The molecule has 1 aliphatic heterocycles. The molecule has 0 unspecified atom stereocenters. The second kappa shape index (κ2) is 6.86. The molecule has 1 aliphatic rings. The van der Waals surface area contributed by atoms with Crippen LogP contribution < -0.4 is 4.81 Å². The molecule has 0 aliphatic carbocycles. The Morgan fingerprint density at radius 1 is 0.913 bits per heavy atom. The molecule has 0 spiro atoms. The molecule has 0 atom stereocenters. The number of fused-ring (bicyclic) bond motifs is 1. The summed E-state index contributed by atoms with van der Waals surface area (Å²) in [5.74, 6) is 1.01. The zero-order chi connectivity index (χ0) is 14.9. The third-order valence-electron chi connectivity index (χ3n) is 4.16. The second-order valence-electron chi connectivity index (χ2n) is 5.76. The predicted molar refractivity (Wildman–Crippen MR) is 92.9 cm³/mol. The Bertz CT molecular complexity index is 807. The van der Waals surface area contributed by atoms with Crippen LogP contribution in [-0.2, 0) is 21.1 Å². The minimum atomic E-state index is 0. The van der Waals surface area contributed by atoms with Crippen LogP contribution in [0.1, 0.15) is 0 Å². The first-order chi connectivity index (χ1) is 10.8. The van der Waals surface area contributed by atoms with Gasteiger partial charge in [0.25, 0.3) is 0 Å². The van der Waals surface area contributed by atoms with Crippen molar-refractivity contribution >= 4 is 24.1 Å². The van der Waals surface area contributed by atoms with Crippen LogP contribution in [0.3, 0.4) is 0 Å². The van der Waals surface area contributed by atoms with Gasteiger partial charge in [0, 0.05) is 45.9 Å². The van der Waals surface area contributed by atoms with E-state index in [2.05, 4.69) is 83.8 Å². The monoisotopic (exact) mass is 481 g/mol. The Morgan fingerprint density at radius 2 is 1.70 bits per heavy atom. The van der Waals surface area contributed by atoms with E-state index in [1.165, 1.54) is 16.3 Å². The molecule has 2 heterocycles. The van der Waals surface area contributed by atoms with Crippen LogP contribution >= 0.6 is 0 Å². The van der Waals surface area contributed by atoms with E-state index < -0.39 is 0 Å². The molecule has 0 saturated carbocycles. The molecule has 0 amide bonds. The Labute approximate surface area is 151 Å². The summed E-state index contributed by atoms with van der Waals surface area (Å²) in [5.41, 5.74) is 2.36. The smallest absolute Gasteiger partial charge is 0.353 e. The van der Waals surface area contributed by atoms with E-state index >= 15 is 0 Å². The van der Waals surface area contributed by atoms with Gasteiger partial charge < -0.3 is 9.62 Å². The Balaban J connectivity index is 0.00000156. The summed E-state index contributed by atoms with van der Waals surface area (Å²) >= 11 is 0. The van der Waals surface area contributed by atoms with Gasteiger partial charge in [0.1, 0.15) is 5.82 Å². The molecule has 1 radical (unpaired) electrons. The fraction of sp³-hybridized carbons (Fsp3) is 0.167. The topological polar surface area (TPSA) is 19.4 Å². The summed E-state index contributed by atoms with van der Waals surface area (Å²) in [6.07, 6.45) is 1.96. The molecule has 3 nitrogen and oxygen atoms in total. The van der Waals surface area contributed by atoms with E-state index in [-0.39, 0.29) is 21.1 Å². The van der Waals surface area contributed by atoms with Crippen molar-refractivity contribution in [2.24, 2.45) is 0 Å². The third-order valence-corrected chi connectivity index (χ3v) is 4.16. The van der Waals surface area contributed by atoms with Crippen LogP contribution in [0.5, 0.6) is 0 Å². The molecular formula is C18H17BN3Pt. The van der Waals surface area contributed by atoms with Crippen LogP contribution in [0.15, 0.2) is 60.8 Å². The number of hydrogen-bond acceptors (Lipinski definition) is 3. The maximum atomic E-state index is 4.62. The van der Waals surface area contributed by atoms with E-state index in [9.17, 15) is 0 Å². The summed E-state index contributed by atoms with van der Waals surface area (Å²) in [4.78, 5) is 8.98. The zero-order valence-electron chi connectivity index (χ0n) is 12.9. The van der Waals surface area contributed by atoms with Gasteiger partial charge in [-0.1, -0.05) is 36.4 Å². The van der Waals surface area contributed by atoms with E-state index in [1.54, 1.807) is 0 Å². The van der Waals surface area contributed by atoms with E-state index in [1.807, 2.05) is 6.20 Å². The van der Waals surface area contributed by atoms with Crippen molar-refractivity contribution in [3.63, 3.8) is 0 Å². The largest absolute Gasteiger partial charge is 0.388 e. The second-order valence-corrected chi connectivity index (χ2v) is 5.76. The number of nitrogens with zero attached hydrogens (tertiary/aromatic N) is 3. The van der Waals surface area contributed by atoms with Gasteiger partial charge in [-0.3, -0.25) is 0 Å². The molecule has 117 valence electrons. The van der Waals surface area contributed by atoms with E-state index in [0.717, 1.165) is 24.5 Å². The van der Waals surface area contributed by atoms with Crippen LogP contribution in [0.4, 0.5) is 5.82 Å². The first kappa shape index (κ1) is 16.2. The Kier molecular flexibility index (Phi) is 4.84. The standard InChI is InChI=1S/C18H17BN3.Pt/c1-21-10-11-22(19-21)18-9-8-17(13-20-18)16-7-6-14-4-2-3-5-15(14)12-16;/h2-9,12-13H,10-11H2,1H3;. The molecule has 0 bridgehead atoms. The van der Waals surface area contributed by atoms with E-state index in [0.29, 0.717) is 0 Å². The third kappa shape index (κ3) is 3.34. The number of aromatic nitrogens is 1. The number of anilines is 1. The van der Waals surface area contributed by atoms with Gasteiger partial charge in [0.05, 0.1) is 0 Å². The van der Waals surface area contributed by atoms with Crippen LogP contribution in [-0.4, -0.2) is 37.5 Å². The molecule has 2 aromatic carbocycles. The van der Waals surface area contributed by atoms with Gasteiger partial charge in [-0.15, -0.1) is 0 Å². The average molecular weight is 481 g/mol. The van der Waals surface area contributed by atoms with Crippen molar-refractivity contribution in [1.29, 1.82) is 0 Å². The maximum absolute atomic E-state index is 4.62. The quantitative estimate of drug-likeness (QED) is 0.525. The van der Waals surface area contributed by atoms with Crippen LogP contribution in [0, 0.1) is 0 Å². The first-order valence-corrected chi connectivity index (χ1v) is 7.57. The van der Waals surface area contributed by atoms with Crippen LogP contribution in [0.2, 0.25) is 0 Å². The summed E-state index contributed by atoms with van der Waals surface area (Å²) in [7, 11) is 4.20. The molecular weight excluding hydrogens is 464 g/mol. The SMILES string of the molecule is CN1[B]N(c2ccc(-c3ccc4ccccc4c3)cn2)CC1.[Pt]. The van der Waals surface area contributed by atoms with Crippen LogP contribution in [0.25, 0.3) is 21.9 Å². The van der Waals surface area contributed by atoms with Crippen molar-refractivity contribution in [3.05, 3.63) is 60.8 Å². The number of hydrogen-bond donors (Lipinski definition) is 0. The number of likely N-dealkylation sites (N-methyl/N-ethyl adjacent to an activating group) is 1. The molecule has 1 aromatic heterocycles. The van der Waals surface area contributed by atoms with Crippen molar-refractivity contribution in [1.82, 2.24) is 9.79 Å². The van der Waals surface area contributed by atoms with Gasteiger partial charge in [0.15, 0.2) is 0 Å². The van der Waals surface area contributed by atoms with Gasteiger partial charge in [0.2, 0.25) is 0 Å². The Morgan fingerprint density at radius 3 is 2.39 bits per heavy atom. The fourth-order valence-corrected chi connectivity index (χ4v) is 2.89. The van der Waals surface area contributed by atoms with E-state index in [4.69, 9.17) is 0 Å². The fourth-order valence-electron chi connectivity index (χ4n) is 2.89. The summed E-state index contributed by atoms with van der Waals surface area (Å²) in [5, 5.41) is 2.53. The summed E-state index contributed by atoms with van der Waals surface area (Å²) < 4.78 is 0. The van der Waals surface area contributed by atoms with Crippen molar-refractivity contribution in [2.45, 2.75) is 0 Å². The molecule has 5 heteroatoms. The number of rotatable bonds is 2. The molecule has 23 heavy (non-hydrogen) atoms. The minimum absolute atomic E-state index is 0. The van der Waals surface area contributed by atoms with Crippen molar-refractivity contribution in [3.8, 4) is 11.1 Å². The normalized spacial score (nSPS) is 14.6. The van der Waals surface area contributed by atoms with Gasteiger partial charge >= 0.3 is 7.55 Å². The minimum Gasteiger partial charge on any atom is -0.388 e. The molecule has 1 fully saturated rings. The van der Waals surface area contributed by atoms with Gasteiger partial charge in [-0.25, -0.2) is 4.98 Å². The summed E-state index contributed by atoms with van der Waals surface area (Å²) in [6.45, 7) is 2.05. The molecule has 3 aromatic rings. The molecule has 1 saturated heterocycles. The van der Waals surface area contributed by atoms with Crippen molar-refractivity contribution in [2.75, 3.05) is 24.9 Å². The van der Waals surface area contributed by atoms with Gasteiger partial charge in [-0.2, -0.15) is 0 Å².